The monoisotopic (exact) mass is 514 g/mol. The fourth-order valence-corrected chi connectivity index (χ4v) is 9.05. The van der Waals surface area contributed by atoms with Crippen molar-refractivity contribution in [3.63, 3.8) is 0 Å². The molecule has 0 spiro atoms. The Balaban J connectivity index is 0.00000110. The van der Waals surface area contributed by atoms with Gasteiger partial charge in [-0.1, -0.05) is 128 Å². The Bertz CT molecular complexity index is 1250. The normalized spacial score (nSPS) is 11.0. The van der Waals surface area contributed by atoms with E-state index in [0.717, 1.165) is 0 Å². The molecule has 4 rings (SSSR count). The Morgan fingerprint density at radius 1 is 0.559 bits per heavy atom. The number of hydrogen-bond acceptors (Lipinski definition) is 2. The molecule has 0 unspecified atom stereocenters. The van der Waals surface area contributed by atoms with Crippen molar-refractivity contribution in [1.82, 2.24) is 0 Å². The Morgan fingerprint density at radius 3 is 1.53 bits per heavy atom. The third-order valence-corrected chi connectivity index (χ3v) is 9.09. The van der Waals surface area contributed by atoms with Gasteiger partial charge in [0.25, 0.3) is 0 Å². The second kappa shape index (κ2) is 12.2. The van der Waals surface area contributed by atoms with Crippen LogP contribution in [0.4, 0.5) is 0 Å². The zero-order chi connectivity index (χ0) is 24.8. The van der Waals surface area contributed by atoms with Crippen molar-refractivity contribution in [2.24, 2.45) is 0 Å². The van der Waals surface area contributed by atoms with Crippen LogP contribution in [0.2, 0.25) is 0 Å². The SMILES string of the molecule is CC(C)(C)P(c1ccc2ccccc2c1-c1cccc2ccccc12)C(C)(C)C.[C-]#N.[C-]#N.[Zn+2]. The summed E-state index contributed by atoms with van der Waals surface area (Å²) in [5.41, 5.74) is 2.78. The molecule has 0 aliphatic rings. The van der Waals surface area contributed by atoms with Gasteiger partial charge >= 0.3 is 19.5 Å². The van der Waals surface area contributed by atoms with Crippen LogP contribution >= 0.6 is 7.92 Å². The molecular weight excluding hydrogens is 485 g/mol. The van der Waals surface area contributed by atoms with Crippen LogP contribution in [-0.4, -0.2) is 10.3 Å². The van der Waals surface area contributed by atoms with E-state index in [1.54, 1.807) is 0 Å². The second-order valence-electron chi connectivity index (χ2n) is 9.88. The van der Waals surface area contributed by atoms with E-state index in [1.165, 1.54) is 38.0 Å². The van der Waals surface area contributed by atoms with Crippen LogP contribution in [-0.2, 0) is 19.5 Å². The molecule has 0 fully saturated rings. The van der Waals surface area contributed by atoms with Gasteiger partial charge in [-0.2, -0.15) is 0 Å². The largest absolute Gasteiger partial charge is 2.00 e. The van der Waals surface area contributed by atoms with Gasteiger partial charge in [0.1, 0.15) is 0 Å². The predicted molar refractivity (Wildman–Crippen MR) is 143 cm³/mol. The van der Waals surface area contributed by atoms with Crippen LogP contribution in [0.5, 0.6) is 0 Å². The van der Waals surface area contributed by atoms with Crippen molar-refractivity contribution in [1.29, 1.82) is 10.5 Å². The fraction of sp³-hybridized carbons (Fsp3) is 0.267. The van der Waals surface area contributed by atoms with Crippen LogP contribution in [0.3, 0.4) is 0 Å². The summed E-state index contributed by atoms with van der Waals surface area (Å²) in [4.78, 5) is 0. The van der Waals surface area contributed by atoms with Crippen molar-refractivity contribution in [3.8, 4) is 11.1 Å². The van der Waals surface area contributed by atoms with E-state index in [2.05, 4.69) is 120 Å². The summed E-state index contributed by atoms with van der Waals surface area (Å²) in [7, 11) is -0.411. The number of benzene rings is 4. The van der Waals surface area contributed by atoms with Gasteiger partial charge in [0.2, 0.25) is 0 Å². The second-order valence-corrected chi connectivity index (χ2v) is 13.7. The summed E-state index contributed by atoms with van der Waals surface area (Å²) in [6.07, 6.45) is 0. The number of nitrogens with zero attached hydrogens (tertiary/aromatic N) is 2. The Hall–Kier alpha value is -2.57. The van der Waals surface area contributed by atoms with Gasteiger partial charge in [-0.3, -0.25) is 0 Å². The molecule has 0 heterocycles. The predicted octanol–water partition coefficient (Wildman–Crippen LogP) is 8.55. The summed E-state index contributed by atoms with van der Waals surface area (Å²) < 4.78 is 0. The van der Waals surface area contributed by atoms with E-state index < -0.39 is 7.92 Å². The summed E-state index contributed by atoms with van der Waals surface area (Å²) in [5.74, 6) is 0. The Kier molecular flexibility index (Phi) is 10.6. The smallest absolute Gasteiger partial charge is 0.512 e. The topological polar surface area (TPSA) is 47.6 Å². The maximum absolute atomic E-state index is 6.25. The summed E-state index contributed by atoms with van der Waals surface area (Å²) in [5, 5.41) is 19.8. The summed E-state index contributed by atoms with van der Waals surface area (Å²) in [6, 6.07) is 29.1. The molecule has 0 aliphatic heterocycles. The zero-order valence-corrected chi connectivity index (χ0v) is 24.9. The first-order valence-corrected chi connectivity index (χ1v) is 12.3. The van der Waals surface area contributed by atoms with Crippen molar-refractivity contribution in [3.05, 3.63) is 92.0 Å². The van der Waals surface area contributed by atoms with E-state index in [0.29, 0.717) is 0 Å². The van der Waals surface area contributed by atoms with Crippen molar-refractivity contribution in [2.75, 3.05) is 0 Å². The standard InChI is InChI=1S/C28H31P.2CN.Zn/c1-27(2,3)29(28(4,5)6)25-19-18-21-13-8-10-16-23(21)26(25)24-17-11-14-20-12-7-9-15-22(20)24;2*1-2;/h7-19H,1-6H3;;;/q;2*-1;+2. The first-order valence-electron chi connectivity index (χ1n) is 10.9. The molecule has 4 aromatic carbocycles. The van der Waals surface area contributed by atoms with Crippen molar-refractivity contribution >= 4 is 34.8 Å². The van der Waals surface area contributed by atoms with Crippen molar-refractivity contribution in [2.45, 2.75) is 51.9 Å². The molecule has 0 saturated carbocycles. The van der Waals surface area contributed by atoms with Crippen LogP contribution in [0.15, 0.2) is 78.9 Å². The number of fused-ring (bicyclic) bond motifs is 2. The average Bonchev–Trinajstić information content (AvgIpc) is 2.79. The zero-order valence-electron chi connectivity index (χ0n) is 21.1. The Labute approximate surface area is 219 Å². The molecule has 0 amide bonds. The number of hydrogen-bond donors (Lipinski definition) is 0. The molecule has 0 radical (unpaired) electrons. The van der Waals surface area contributed by atoms with Gasteiger partial charge in [-0.15, -0.1) is 0 Å². The van der Waals surface area contributed by atoms with Gasteiger partial charge in [0.15, 0.2) is 0 Å². The molecule has 2 nitrogen and oxygen atoms in total. The molecule has 0 aromatic heterocycles. The molecule has 4 heteroatoms. The minimum Gasteiger partial charge on any atom is -0.512 e. The van der Waals surface area contributed by atoms with Crippen LogP contribution in [0.25, 0.3) is 32.7 Å². The molecule has 34 heavy (non-hydrogen) atoms. The maximum atomic E-state index is 6.25. The first kappa shape index (κ1) is 29.5. The van der Waals surface area contributed by atoms with E-state index in [1.807, 2.05) is 0 Å². The third-order valence-electron chi connectivity index (χ3n) is 5.55. The third kappa shape index (κ3) is 6.10. The van der Waals surface area contributed by atoms with Gasteiger partial charge < -0.3 is 23.7 Å². The summed E-state index contributed by atoms with van der Waals surface area (Å²) in [6.45, 7) is 24.0. The quantitative estimate of drug-likeness (QED) is 0.152. The minimum atomic E-state index is -0.411. The molecule has 0 N–H and O–H groups in total. The van der Waals surface area contributed by atoms with E-state index in [9.17, 15) is 0 Å². The molecule has 0 aliphatic carbocycles. The van der Waals surface area contributed by atoms with Crippen LogP contribution in [0.1, 0.15) is 41.5 Å². The van der Waals surface area contributed by atoms with Crippen LogP contribution in [0, 0.1) is 23.7 Å². The molecule has 0 atom stereocenters. The number of rotatable bonds is 2. The fourth-order valence-electron chi connectivity index (χ4n) is 4.90. The van der Waals surface area contributed by atoms with Gasteiger partial charge in [-0.25, -0.2) is 0 Å². The minimum absolute atomic E-state index is 0. The van der Waals surface area contributed by atoms with Crippen molar-refractivity contribution < 1.29 is 19.5 Å². The van der Waals surface area contributed by atoms with Gasteiger partial charge in [-0.05, 0) is 48.3 Å². The first-order chi connectivity index (χ1) is 15.7. The molecule has 0 bridgehead atoms. The molecule has 168 valence electrons. The molecular formula is C30H31N2PZn. The Morgan fingerprint density at radius 2 is 1.00 bits per heavy atom. The van der Waals surface area contributed by atoms with Gasteiger partial charge in [0.05, 0.1) is 0 Å². The van der Waals surface area contributed by atoms with E-state index in [-0.39, 0.29) is 29.8 Å². The van der Waals surface area contributed by atoms with E-state index >= 15 is 0 Å². The van der Waals surface area contributed by atoms with E-state index in [4.69, 9.17) is 23.7 Å². The molecule has 4 aromatic rings. The van der Waals surface area contributed by atoms with Crippen LogP contribution < -0.4 is 5.30 Å². The average molecular weight is 516 g/mol. The van der Waals surface area contributed by atoms with Gasteiger partial charge in [0, 0.05) is 0 Å². The summed E-state index contributed by atoms with van der Waals surface area (Å²) >= 11 is 0. The maximum Gasteiger partial charge on any atom is 2.00 e. The molecule has 0 saturated heterocycles.